The van der Waals surface area contributed by atoms with Crippen molar-refractivity contribution in [2.45, 2.75) is 45.6 Å². The molecule has 1 saturated heterocycles. The Hall–Kier alpha value is -0.770. The van der Waals surface area contributed by atoms with Crippen LogP contribution in [0.5, 0.6) is 0 Å². The average Bonchev–Trinajstić information content (AvgIpc) is 2.34. The number of nitrogens with zero attached hydrogens (tertiary/aromatic N) is 2. The number of likely N-dealkylation sites (tertiary alicyclic amines) is 1. The Morgan fingerprint density at radius 3 is 2.33 bits per heavy atom. The van der Waals surface area contributed by atoms with E-state index in [-0.39, 0.29) is 6.03 Å². The maximum Gasteiger partial charge on any atom is 0.316 e. The van der Waals surface area contributed by atoms with E-state index in [1.165, 1.54) is 32.4 Å². The molecular formula is C14H29N3O. The van der Waals surface area contributed by atoms with Crippen molar-refractivity contribution in [3.05, 3.63) is 0 Å². The Bertz CT molecular complexity index is 247. The Balaban J connectivity index is 2.46. The van der Waals surface area contributed by atoms with Crippen LogP contribution in [-0.4, -0.2) is 55.6 Å². The van der Waals surface area contributed by atoms with Crippen molar-refractivity contribution in [1.29, 1.82) is 0 Å². The van der Waals surface area contributed by atoms with Crippen LogP contribution in [0.1, 0.15) is 39.5 Å². The lowest BCUT2D eigenvalue weighted by Crippen LogP contribution is -2.48. The first-order chi connectivity index (χ1) is 8.50. The summed E-state index contributed by atoms with van der Waals surface area (Å²) in [5, 5.41) is 3.03. The van der Waals surface area contributed by atoms with Gasteiger partial charge in [0.25, 0.3) is 0 Å². The molecule has 0 radical (unpaired) electrons. The molecule has 0 bridgehead atoms. The Labute approximate surface area is 112 Å². The number of rotatable bonds is 5. The summed E-state index contributed by atoms with van der Waals surface area (Å²) in [5.74, 6) is 0.674. The fourth-order valence-corrected chi connectivity index (χ4v) is 2.55. The van der Waals surface area contributed by atoms with Gasteiger partial charge in [0.1, 0.15) is 0 Å². The zero-order valence-electron chi connectivity index (χ0n) is 12.4. The van der Waals surface area contributed by atoms with E-state index in [0.717, 1.165) is 13.0 Å². The van der Waals surface area contributed by atoms with Gasteiger partial charge in [-0.2, -0.15) is 0 Å². The smallest absolute Gasteiger partial charge is 0.316 e. The van der Waals surface area contributed by atoms with Crippen molar-refractivity contribution in [1.82, 2.24) is 15.1 Å². The number of carbonyl (C=O) groups is 1. The summed E-state index contributed by atoms with van der Waals surface area (Å²) in [6, 6.07) is 0.509. The molecule has 1 N–H and O–H groups in total. The lowest BCUT2D eigenvalue weighted by atomic mass is 9.99. The lowest BCUT2D eigenvalue weighted by Gasteiger charge is -2.35. The molecule has 2 amide bonds. The number of urea groups is 1. The highest BCUT2D eigenvalue weighted by Gasteiger charge is 2.22. The number of carbonyl (C=O) groups excluding carboxylic acids is 1. The van der Waals surface area contributed by atoms with E-state index in [1.54, 1.807) is 19.0 Å². The van der Waals surface area contributed by atoms with Crippen molar-refractivity contribution < 1.29 is 4.79 Å². The van der Waals surface area contributed by atoms with Crippen molar-refractivity contribution >= 4 is 6.03 Å². The largest absolute Gasteiger partial charge is 0.336 e. The molecule has 1 aliphatic heterocycles. The molecule has 1 rings (SSSR count). The van der Waals surface area contributed by atoms with E-state index in [0.29, 0.717) is 12.0 Å². The summed E-state index contributed by atoms with van der Waals surface area (Å²) < 4.78 is 0. The predicted molar refractivity (Wildman–Crippen MR) is 75.8 cm³/mol. The SMILES string of the molecule is CC(C)CC(CNC(=O)N(C)C)N1CCCCC1. The van der Waals surface area contributed by atoms with Crippen LogP contribution in [0.3, 0.4) is 0 Å². The van der Waals surface area contributed by atoms with Crippen LogP contribution in [0.25, 0.3) is 0 Å². The molecule has 1 fully saturated rings. The molecule has 1 unspecified atom stereocenters. The van der Waals surface area contributed by atoms with Gasteiger partial charge in [0, 0.05) is 26.7 Å². The molecule has 0 saturated carbocycles. The first-order valence-electron chi connectivity index (χ1n) is 7.20. The highest BCUT2D eigenvalue weighted by molar-refractivity contribution is 5.73. The van der Waals surface area contributed by atoms with Gasteiger partial charge >= 0.3 is 6.03 Å². The van der Waals surface area contributed by atoms with Gasteiger partial charge < -0.3 is 10.2 Å². The summed E-state index contributed by atoms with van der Waals surface area (Å²) in [4.78, 5) is 15.8. The van der Waals surface area contributed by atoms with Gasteiger partial charge in [0.05, 0.1) is 0 Å². The van der Waals surface area contributed by atoms with Gasteiger partial charge in [0.2, 0.25) is 0 Å². The van der Waals surface area contributed by atoms with Crippen LogP contribution in [0.2, 0.25) is 0 Å². The Kier molecular flexibility index (Phi) is 6.47. The summed E-state index contributed by atoms with van der Waals surface area (Å²) in [6.07, 6.45) is 5.12. The maximum absolute atomic E-state index is 11.6. The van der Waals surface area contributed by atoms with Gasteiger partial charge in [-0.1, -0.05) is 20.3 Å². The predicted octanol–water partition coefficient (Wildman–Crippen LogP) is 2.16. The minimum Gasteiger partial charge on any atom is -0.336 e. The minimum atomic E-state index is 0.0146. The van der Waals surface area contributed by atoms with Crippen LogP contribution in [-0.2, 0) is 0 Å². The van der Waals surface area contributed by atoms with Gasteiger partial charge in [-0.15, -0.1) is 0 Å². The fourth-order valence-electron chi connectivity index (χ4n) is 2.55. The molecule has 1 atom stereocenters. The molecule has 0 aromatic heterocycles. The Morgan fingerprint density at radius 1 is 1.22 bits per heavy atom. The highest BCUT2D eigenvalue weighted by Crippen LogP contribution is 2.17. The number of nitrogens with one attached hydrogen (secondary N) is 1. The van der Waals surface area contributed by atoms with Gasteiger partial charge in [-0.25, -0.2) is 4.79 Å². The minimum absolute atomic E-state index is 0.0146. The summed E-state index contributed by atoms with van der Waals surface area (Å²) >= 11 is 0. The molecule has 1 aliphatic rings. The van der Waals surface area contributed by atoms with Crippen LogP contribution in [0.15, 0.2) is 0 Å². The highest BCUT2D eigenvalue weighted by atomic mass is 16.2. The normalized spacial score (nSPS) is 18.7. The van der Waals surface area contributed by atoms with Gasteiger partial charge in [-0.3, -0.25) is 4.90 Å². The van der Waals surface area contributed by atoms with E-state index >= 15 is 0 Å². The van der Waals surface area contributed by atoms with Crippen LogP contribution in [0, 0.1) is 5.92 Å². The molecule has 0 spiro atoms. The van der Waals surface area contributed by atoms with Crippen LogP contribution in [0.4, 0.5) is 4.79 Å². The Morgan fingerprint density at radius 2 is 1.83 bits per heavy atom. The molecule has 0 aliphatic carbocycles. The average molecular weight is 255 g/mol. The first-order valence-corrected chi connectivity index (χ1v) is 7.20. The van der Waals surface area contributed by atoms with E-state index in [1.807, 2.05) is 0 Å². The van der Waals surface area contributed by atoms with Gasteiger partial charge in [0.15, 0.2) is 0 Å². The topological polar surface area (TPSA) is 35.6 Å². The standard InChI is InChI=1S/C14H29N3O/c1-12(2)10-13(11-15-14(18)16(3)4)17-8-6-5-7-9-17/h12-13H,5-11H2,1-4H3,(H,15,18). The number of hydrogen-bond donors (Lipinski definition) is 1. The zero-order valence-corrected chi connectivity index (χ0v) is 12.4. The van der Waals surface area contributed by atoms with Gasteiger partial charge in [-0.05, 0) is 38.3 Å². The summed E-state index contributed by atoms with van der Waals surface area (Å²) in [5.41, 5.74) is 0. The number of hydrogen-bond acceptors (Lipinski definition) is 2. The number of amides is 2. The second kappa shape index (κ2) is 7.62. The number of piperidine rings is 1. The molecular weight excluding hydrogens is 226 g/mol. The summed E-state index contributed by atoms with van der Waals surface area (Å²) in [7, 11) is 3.57. The summed E-state index contributed by atoms with van der Waals surface area (Å²) in [6.45, 7) is 7.66. The molecule has 0 aromatic carbocycles. The molecule has 4 nitrogen and oxygen atoms in total. The second-order valence-corrected chi connectivity index (χ2v) is 5.96. The van der Waals surface area contributed by atoms with Crippen LogP contribution >= 0.6 is 0 Å². The van der Waals surface area contributed by atoms with Crippen LogP contribution < -0.4 is 5.32 Å². The third kappa shape index (κ3) is 5.25. The van der Waals surface area contributed by atoms with Crippen molar-refractivity contribution in [2.75, 3.05) is 33.7 Å². The second-order valence-electron chi connectivity index (χ2n) is 5.96. The molecule has 1 heterocycles. The molecule has 18 heavy (non-hydrogen) atoms. The van der Waals surface area contributed by atoms with Crippen molar-refractivity contribution in [3.8, 4) is 0 Å². The lowest BCUT2D eigenvalue weighted by molar-refractivity contribution is 0.140. The maximum atomic E-state index is 11.6. The first kappa shape index (κ1) is 15.3. The fraction of sp³-hybridized carbons (Fsp3) is 0.929. The van der Waals surface area contributed by atoms with E-state index in [4.69, 9.17) is 0 Å². The molecule has 0 aromatic rings. The van der Waals surface area contributed by atoms with Crippen molar-refractivity contribution in [3.63, 3.8) is 0 Å². The van der Waals surface area contributed by atoms with E-state index in [2.05, 4.69) is 24.1 Å². The zero-order chi connectivity index (χ0) is 13.5. The molecule has 4 heteroatoms. The van der Waals surface area contributed by atoms with E-state index in [9.17, 15) is 4.79 Å². The monoisotopic (exact) mass is 255 g/mol. The third-order valence-electron chi connectivity index (χ3n) is 3.55. The third-order valence-corrected chi connectivity index (χ3v) is 3.55. The van der Waals surface area contributed by atoms with E-state index < -0.39 is 0 Å². The van der Waals surface area contributed by atoms with Crippen molar-refractivity contribution in [2.24, 2.45) is 5.92 Å². The molecule has 106 valence electrons. The quantitative estimate of drug-likeness (QED) is 0.817.